The minimum Gasteiger partial charge on any atom is -0.497 e. The number of nitrogens with one attached hydrogen (secondary N) is 2. The van der Waals surface area contributed by atoms with Crippen molar-refractivity contribution in [1.82, 2.24) is 4.98 Å². The van der Waals surface area contributed by atoms with Crippen LogP contribution in [0.2, 0.25) is 0 Å². The van der Waals surface area contributed by atoms with Crippen LogP contribution in [0.5, 0.6) is 5.75 Å². The molecule has 0 aliphatic heterocycles. The fraction of sp³-hybridized carbons (Fsp3) is 0.111. The summed E-state index contributed by atoms with van der Waals surface area (Å²) in [5.74, 6) is 0.771. The van der Waals surface area contributed by atoms with E-state index in [1.807, 2.05) is 60.8 Å². The van der Waals surface area contributed by atoms with Crippen molar-refractivity contribution in [1.29, 1.82) is 0 Å². The number of amides is 2. The smallest absolute Gasteiger partial charge is 0.325 e. The van der Waals surface area contributed by atoms with Gasteiger partial charge < -0.3 is 10.1 Å². The molecule has 122 valence electrons. The third-order valence-electron chi connectivity index (χ3n) is 3.48. The average molecular weight is 339 g/mol. The van der Waals surface area contributed by atoms with E-state index in [1.165, 1.54) is 11.3 Å². The van der Waals surface area contributed by atoms with E-state index in [0.29, 0.717) is 5.13 Å². The maximum atomic E-state index is 12.1. The van der Waals surface area contributed by atoms with Crippen LogP contribution in [0.1, 0.15) is 5.56 Å². The van der Waals surface area contributed by atoms with Gasteiger partial charge in [0.05, 0.1) is 12.8 Å². The van der Waals surface area contributed by atoms with Crippen LogP contribution in [0.3, 0.4) is 0 Å². The van der Waals surface area contributed by atoms with Gasteiger partial charge in [-0.1, -0.05) is 30.3 Å². The number of carbonyl (C=O) groups excluding carboxylic acids is 1. The number of rotatable bonds is 4. The van der Waals surface area contributed by atoms with Crippen molar-refractivity contribution in [3.05, 3.63) is 59.5 Å². The summed E-state index contributed by atoms with van der Waals surface area (Å²) in [5.41, 5.74) is 3.52. The number of anilines is 2. The first-order valence-electron chi connectivity index (χ1n) is 7.39. The monoisotopic (exact) mass is 339 g/mol. The summed E-state index contributed by atoms with van der Waals surface area (Å²) in [4.78, 5) is 16.6. The molecular weight excluding hydrogens is 322 g/mol. The first kappa shape index (κ1) is 16.0. The highest BCUT2D eigenvalue weighted by atomic mass is 32.1. The molecule has 3 rings (SSSR count). The van der Waals surface area contributed by atoms with E-state index in [0.717, 1.165) is 28.3 Å². The Labute approximate surface area is 144 Å². The molecule has 3 aromatic rings. The van der Waals surface area contributed by atoms with Crippen LogP contribution in [0, 0.1) is 6.92 Å². The van der Waals surface area contributed by atoms with Gasteiger partial charge in [-0.3, -0.25) is 5.32 Å². The zero-order chi connectivity index (χ0) is 16.9. The highest BCUT2D eigenvalue weighted by Gasteiger charge is 2.09. The Bertz CT molecular complexity index is 861. The predicted molar refractivity (Wildman–Crippen MR) is 97.9 cm³/mol. The Morgan fingerprint density at radius 1 is 1.12 bits per heavy atom. The zero-order valence-corrected chi connectivity index (χ0v) is 14.2. The molecule has 1 aromatic heterocycles. The number of para-hydroxylation sites is 1. The molecule has 6 heteroatoms. The molecule has 0 atom stereocenters. The molecule has 5 nitrogen and oxygen atoms in total. The summed E-state index contributed by atoms with van der Waals surface area (Å²) in [6, 6.07) is 15.0. The number of urea groups is 1. The molecule has 0 radical (unpaired) electrons. The number of hydrogen-bond donors (Lipinski definition) is 2. The lowest BCUT2D eigenvalue weighted by Gasteiger charge is -2.07. The molecule has 2 amide bonds. The highest BCUT2D eigenvalue weighted by molar-refractivity contribution is 7.14. The molecule has 0 saturated carbocycles. The average Bonchev–Trinajstić information content (AvgIpc) is 3.05. The van der Waals surface area contributed by atoms with Crippen LogP contribution in [0.4, 0.5) is 15.6 Å². The van der Waals surface area contributed by atoms with E-state index in [4.69, 9.17) is 4.74 Å². The second-order valence-electron chi connectivity index (χ2n) is 5.16. The lowest BCUT2D eigenvalue weighted by molar-refractivity contribution is 0.262. The van der Waals surface area contributed by atoms with Crippen molar-refractivity contribution in [2.75, 3.05) is 17.7 Å². The predicted octanol–water partition coefficient (Wildman–Crippen LogP) is 4.77. The summed E-state index contributed by atoms with van der Waals surface area (Å²) >= 11 is 1.38. The van der Waals surface area contributed by atoms with E-state index >= 15 is 0 Å². The largest absolute Gasteiger partial charge is 0.497 e. The summed E-state index contributed by atoms with van der Waals surface area (Å²) in [6.07, 6.45) is 0. The summed E-state index contributed by atoms with van der Waals surface area (Å²) in [6.45, 7) is 1.94. The molecule has 0 bridgehead atoms. The standard InChI is InChI=1S/C18H17N3O2S/c1-12-6-3-4-9-15(12)19-17(22)21-18-20-16(11-24-18)13-7-5-8-14(10-13)23-2/h3-11H,1-2H3,(H2,19,20,21,22). The molecule has 0 aliphatic carbocycles. The van der Waals surface area contributed by atoms with Gasteiger partial charge >= 0.3 is 6.03 Å². The third kappa shape index (κ3) is 3.72. The second kappa shape index (κ2) is 7.14. The third-order valence-corrected chi connectivity index (χ3v) is 4.24. The van der Waals surface area contributed by atoms with Crippen LogP contribution in [0.25, 0.3) is 11.3 Å². The summed E-state index contributed by atoms with van der Waals surface area (Å²) in [5, 5.41) is 8.03. The fourth-order valence-corrected chi connectivity index (χ4v) is 2.92. The van der Waals surface area contributed by atoms with E-state index < -0.39 is 0 Å². The molecule has 0 fully saturated rings. The van der Waals surface area contributed by atoms with Crippen molar-refractivity contribution in [3.8, 4) is 17.0 Å². The molecule has 24 heavy (non-hydrogen) atoms. The van der Waals surface area contributed by atoms with Gasteiger partial charge in [-0.25, -0.2) is 9.78 Å². The van der Waals surface area contributed by atoms with Gasteiger partial charge in [0.1, 0.15) is 5.75 Å². The lowest BCUT2D eigenvalue weighted by Crippen LogP contribution is -2.19. The molecule has 2 aromatic carbocycles. The number of aryl methyl sites for hydroxylation is 1. The number of carbonyl (C=O) groups is 1. The Morgan fingerprint density at radius 2 is 1.96 bits per heavy atom. The van der Waals surface area contributed by atoms with Crippen LogP contribution in [-0.4, -0.2) is 18.1 Å². The van der Waals surface area contributed by atoms with E-state index in [2.05, 4.69) is 15.6 Å². The SMILES string of the molecule is COc1cccc(-c2csc(NC(=O)Nc3ccccc3C)n2)c1. The molecule has 0 aliphatic rings. The van der Waals surface area contributed by atoms with Crippen molar-refractivity contribution < 1.29 is 9.53 Å². The van der Waals surface area contributed by atoms with Gasteiger partial charge in [0.15, 0.2) is 5.13 Å². The van der Waals surface area contributed by atoms with Gasteiger partial charge in [0.2, 0.25) is 0 Å². The minimum atomic E-state index is -0.309. The second-order valence-corrected chi connectivity index (χ2v) is 6.02. The number of ether oxygens (including phenoxy) is 1. The number of nitrogens with zero attached hydrogens (tertiary/aromatic N) is 1. The van der Waals surface area contributed by atoms with Crippen molar-refractivity contribution in [2.24, 2.45) is 0 Å². The Morgan fingerprint density at radius 3 is 2.75 bits per heavy atom. The molecule has 0 unspecified atom stereocenters. The molecule has 0 saturated heterocycles. The first-order chi connectivity index (χ1) is 11.7. The number of hydrogen-bond acceptors (Lipinski definition) is 4. The van der Waals surface area contributed by atoms with Gasteiger partial charge in [-0.05, 0) is 30.7 Å². The summed E-state index contributed by atoms with van der Waals surface area (Å²) < 4.78 is 5.22. The summed E-state index contributed by atoms with van der Waals surface area (Å²) in [7, 11) is 1.63. The Kier molecular flexibility index (Phi) is 4.77. The quantitative estimate of drug-likeness (QED) is 0.719. The topological polar surface area (TPSA) is 63.2 Å². The number of thiazole rings is 1. The van der Waals surface area contributed by atoms with Crippen molar-refractivity contribution >= 4 is 28.2 Å². The van der Waals surface area contributed by atoms with E-state index in [9.17, 15) is 4.79 Å². The van der Waals surface area contributed by atoms with Crippen molar-refractivity contribution in [3.63, 3.8) is 0 Å². The van der Waals surface area contributed by atoms with E-state index in [-0.39, 0.29) is 6.03 Å². The Balaban J connectivity index is 1.69. The van der Waals surface area contributed by atoms with Crippen LogP contribution in [0.15, 0.2) is 53.9 Å². The van der Waals surface area contributed by atoms with Gasteiger partial charge in [-0.2, -0.15) is 0 Å². The number of methoxy groups -OCH3 is 1. The number of benzene rings is 2. The van der Waals surface area contributed by atoms with Crippen LogP contribution in [-0.2, 0) is 0 Å². The van der Waals surface area contributed by atoms with Crippen molar-refractivity contribution in [2.45, 2.75) is 6.92 Å². The highest BCUT2D eigenvalue weighted by Crippen LogP contribution is 2.27. The van der Waals surface area contributed by atoms with Crippen LogP contribution < -0.4 is 15.4 Å². The van der Waals surface area contributed by atoms with Crippen LogP contribution >= 0.6 is 11.3 Å². The Hall–Kier alpha value is -2.86. The fourth-order valence-electron chi connectivity index (χ4n) is 2.21. The molecular formula is C18H17N3O2S. The van der Waals surface area contributed by atoms with Gasteiger partial charge in [0, 0.05) is 16.6 Å². The maximum Gasteiger partial charge on any atom is 0.325 e. The minimum absolute atomic E-state index is 0.309. The molecule has 1 heterocycles. The molecule has 0 spiro atoms. The maximum absolute atomic E-state index is 12.1. The lowest BCUT2D eigenvalue weighted by atomic mass is 10.2. The first-order valence-corrected chi connectivity index (χ1v) is 8.27. The molecule has 2 N–H and O–H groups in total. The van der Waals surface area contributed by atoms with Gasteiger partial charge in [-0.15, -0.1) is 11.3 Å². The van der Waals surface area contributed by atoms with E-state index in [1.54, 1.807) is 7.11 Å². The number of aromatic nitrogens is 1. The zero-order valence-electron chi connectivity index (χ0n) is 13.4. The van der Waals surface area contributed by atoms with Gasteiger partial charge in [0.25, 0.3) is 0 Å². The normalized spacial score (nSPS) is 10.2.